The van der Waals surface area contributed by atoms with E-state index in [0.717, 1.165) is 17.4 Å². The van der Waals surface area contributed by atoms with Crippen molar-refractivity contribution in [2.24, 2.45) is 5.73 Å². The molecule has 0 radical (unpaired) electrons. The van der Waals surface area contributed by atoms with Gasteiger partial charge in [0.2, 0.25) is 3.79 Å². The fourth-order valence-electron chi connectivity index (χ4n) is 1.18. The SMILES string of the molecule is COc1ccc(/C=C\C(=O)/C=C(/N)C(Cl)(Cl)Cl)cc1. The number of allylic oxidation sites excluding steroid dienone is 3. The fourth-order valence-corrected chi connectivity index (χ4v) is 1.34. The Morgan fingerprint density at radius 2 is 1.84 bits per heavy atom. The highest BCUT2D eigenvalue weighted by atomic mass is 35.6. The number of ketones is 1. The van der Waals surface area contributed by atoms with Crippen molar-refractivity contribution in [1.82, 2.24) is 0 Å². The van der Waals surface area contributed by atoms with E-state index in [4.69, 9.17) is 45.3 Å². The average molecular weight is 321 g/mol. The van der Waals surface area contributed by atoms with Crippen LogP contribution < -0.4 is 10.5 Å². The molecular weight excluding hydrogens is 309 g/mol. The second-order valence-corrected chi connectivity index (χ2v) is 5.89. The number of hydrogen-bond donors (Lipinski definition) is 1. The van der Waals surface area contributed by atoms with E-state index in [2.05, 4.69) is 0 Å². The molecule has 0 unspecified atom stereocenters. The van der Waals surface area contributed by atoms with Crippen molar-refractivity contribution in [2.75, 3.05) is 7.11 Å². The van der Waals surface area contributed by atoms with E-state index in [9.17, 15) is 4.79 Å². The van der Waals surface area contributed by atoms with Crippen molar-refractivity contribution >= 4 is 46.7 Å². The highest BCUT2D eigenvalue weighted by Crippen LogP contribution is 2.31. The van der Waals surface area contributed by atoms with Crippen molar-refractivity contribution in [1.29, 1.82) is 0 Å². The molecule has 0 aliphatic heterocycles. The van der Waals surface area contributed by atoms with Gasteiger partial charge in [-0.2, -0.15) is 0 Å². The largest absolute Gasteiger partial charge is 0.497 e. The molecule has 3 nitrogen and oxygen atoms in total. The first kappa shape index (κ1) is 15.9. The Morgan fingerprint density at radius 3 is 2.32 bits per heavy atom. The van der Waals surface area contributed by atoms with E-state index in [1.165, 1.54) is 6.08 Å². The Labute approximate surface area is 126 Å². The first-order valence-electron chi connectivity index (χ1n) is 5.23. The zero-order chi connectivity index (χ0) is 14.5. The number of alkyl halides is 3. The highest BCUT2D eigenvalue weighted by molar-refractivity contribution is 6.69. The molecule has 102 valence electrons. The number of rotatable bonds is 4. The first-order valence-corrected chi connectivity index (χ1v) is 6.37. The third kappa shape index (κ3) is 5.55. The lowest BCUT2D eigenvalue weighted by molar-refractivity contribution is -0.110. The minimum atomic E-state index is -1.77. The number of hydrogen-bond acceptors (Lipinski definition) is 3. The molecule has 1 rings (SSSR count). The second kappa shape index (κ2) is 6.85. The third-order valence-corrected chi connectivity index (χ3v) is 2.84. The van der Waals surface area contributed by atoms with Crippen LogP contribution in [-0.4, -0.2) is 16.7 Å². The number of halogens is 3. The quantitative estimate of drug-likeness (QED) is 0.682. The number of carbonyl (C=O) groups excluding carboxylic acids is 1. The molecule has 0 amide bonds. The lowest BCUT2D eigenvalue weighted by Crippen LogP contribution is -2.16. The molecule has 2 N–H and O–H groups in total. The zero-order valence-corrected chi connectivity index (χ0v) is 12.3. The molecule has 0 saturated carbocycles. The number of nitrogens with two attached hydrogens (primary N) is 1. The van der Waals surface area contributed by atoms with Gasteiger partial charge < -0.3 is 10.5 Å². The number of ether oxygens (including phenoxy) is 1. The summed E-state index contributed by atoms with van der Waals surface area (Å²) in [5.74, 6) is 0.378. The molecule has 19 heavy (non-hydrogen) atoms. The van der Waals surface area contributed by atoms with Crippen LogP contribution in [0.15, 0.2) is 42.1 Å². The Balaban J connectivity index is 2.73. The molecular formula is C13H12Cl3NO2. The van der Waals surface area contributed by atoms with Gasteiger partial charge in [0, 0.05) is 6.08 Å². The van der Waals surface area contributed by atoms with Gasteiger partial charge in [-0.3, -0.25) is 4.79 Å². The minimum absolute atomic E-state index is 0.123. The van der Waals surface area contributed by atoms with Gasteiger partial charge in [0.15, 0.2) is 5.78 Å². The van der Waals surface area contributed by atoms with Crippen LogP contribution in [0.2, 0.25) is 0 Å². The molecule has 0 atom stereocenters. The summed E-state index contributed by atoms with van der Waals surface area (Å²) in [5.41, 5.74) is 6.17. The third-order valence-electron chi connectivity index (χ3n) is 2.18. The van der Waals surface area contributed by atoms with Gasteiger partial charge in [-0.05, 0) is 23.8 Å². The smallest absolute Gasteiger partial charge is 0.230 e. The maximum Gasteiger partial charge on any atom is 0.230 e. The lowest BCUT2D eigenvalue weighted by atomic mass is 10.2. The first-order chi connectivity index (χ1) is 8.82. The van der Waals surface area contributed by atoms with Crippen molar-refractivity contribution in [2.45, 2.75) is 3.79 Å². The summed E-state index contributed by atoms with van der Waals surface area (Å²) in [4.78, 5) is 11.6. The summed E-state index contributed by atoms with van der Waals surface area (Å²) in [6.45, 7) is 0. The summed E-state index contributed by atoms with van der Waals surface area (Å²) in [6.07, 6.45) is 4.04. The average Bonchev–Trinajstić information content (AvgIpc) is 2.35. The van der Waals surface area contributed by atoms with E-state index in [0.29, 0.717) is 0 Å². The molecule has 0 bridgehead atoms. The van der Waals surface area contributed by atoms with E-state index in [1.807, 2.05) is 12.1 Å². The predicted octanol–water partition coefficient (Wildman–Crippen LogP) is 3.49. The number of methoxy groups -OCH3 is 1. The van der Waals surface area contributed by atoms with Gasteiger partial charge in [-0.15, -0.1) is 0 Å². The molecule has 0 fully saturated rings. The summed E-state index contributed by atoms with van der Waals surface area (Å²) in [6, 6.07) is 7.20. The summed E-state index contributed by atoms with van der Waals surface area (Å²) >= 11 is 16.6. The maximum atomic E-state index is 11.6. The Bertz CT molecular complexity index is 502. The molecule has 1 aromatic rings. The van der Waals surface area contributed by atoms with E-state index >= 15 is 0 Å². The van der Waals surface area contributed by atoms with Gasteiger partial charge in [0.1, 0.15) is 5.75 Å². The topological polar surface area (TPSA) is 52.3 Å². The van der Waals surface area contributed by atoms with Crippen molar-refractivity contribution < 1.29 is 9.53 Å². The number of carbonyl (C=O) groups is 1. The Hall–Kier alpha value is -1.16. The lowest BCUT2D eigenvalue weighted by Gasteiger charge is -2.09. The van der Waals surface area contributed by atoms with Gasteiger partial charge >= 0.3 is 0 Å². The highest BCUT2D eigenvalue weighted by Gasteiger charge is 2.23. The van der Waals surface area contributed by atoms with Crippen LogP contribution in [0.4, 0.5) is 0 Å². The molecule has 0 aliphatic carbocycles. The second-order valence-electron chi connectivity index (χ2n) is 3.61. The molecule has 6 heteroatoms. The Morgan fingerprint density at radius 1 is 1.26 bits per heavy atom. The van der Waals surface area contributed by atoms with E-state index < -0.39 is 3.79 Å². The molecule has 0 spiro atoms. The van der Waals surface area contributed by atoms with Crippen LogP contribution in [0.1, 0.15) is 5.56 Å². The predicted molar refractivity (Wildman–Crippen MR) is 79.6 cm³/mol. The van der Waals surface area contributed by atoms with E-state index in [1.54, 1.807) is 25.3 Å². The minimum Gasteiger partial charge on any atom is -0.497 e. The van der Waals surface area contributed by atoms with Crippen molar-refractivity contribution in [3.63, 3.8) is 0 Å². The summed E-state index contributed by atoms with van der Waals surface area (Å²) in [5, 5.41) is 0. The van der Waals surface area contributed by atoms with Crippen LogP contribution in [0, 0.1) is 0 Å². The zero-order valence-electron chi connectivity index (χ0n) is 10.1. The Kier molecular flexibility index (Phi) is 5.73. The van der Waals surface area contributed by atoms with Gasteiger partial charge in [0.05, 0.1) is 12.8 Å². The molecule has 0 saturated heterocycles. The van der Waals surface area contributed by atoms with Crippen molar-refractivity contribution in [3.8, 4) is 5.75 Å². The standard InChI is InChI=1S/C13H12Cl3NO2/c1-19-11-6-3-9(4-7-11)2-5-10(18)8-12(17)13(14,15)16/h2-8H,17H2,1H3/b5-2-,12-8+. The van der Waals surface area contributed by atoms with Crippen LogP contribution in [-0.2, 0) is 4.79 Å². The molecule has 1 aromatic carbocycles. The van der Waals surface area contributed by atoms with Crippen LogP contribution in [0.5, 0.6) is 5.75 Å². The monoisotopic (exact) mass is 319 g/mol. The van der Waals surface area contributed by atoms with Gasteiger partial charge in [-0.25, -0.2) is 0 Å². The summed E-state index contributed by atoms with van der Waals surface area (Å²) in [7, 11) is 1.58. The fraction of sp³-hybridized carbons (Fsp3) is 0.154. The molecule has 0 aliphatic rings. The number of benzene rings is 1. The van der Waals surface area contributed by atoms with Crippen LogP contribution >= 0.6 is 34.8 Å². The van der Waals surface area contributed by atoms with Crippen LogP contribution in [0.25, 0.3) is 6.08 Å². The maximum absolute atomic E-state index is 11.6. The van der Waals surface area contributed by atoms with Gasteiger partial charge in [-0.1, -0.05) is 53.0 Å². The molecule has 0 heterocycles. The van der Waals surface area contributed by atoms with Gasteiger partial charge in [0.25, 0.3) is 0 Å². The molecule has 0 aromatic heterocycles. The normalized spacial score (nSPS) is 12.7. The van der Waals surface area contributed by atoms with Crippen molar-refractivity contribution in [3.05, 3.63) is 47.7 Å². The van der Waals surface area contributed by atoms with E-state index in [-0.39, 0.29) is 11.5 Å². The summed E-state index contributed by atoms with van der Waals surface area (Å²) < 4.78 is 3.25. The van der Waals surface area contributed by atoms with Crippen LogP contribution in [0.3, 0.4) is 0 Å².